The molecule has 2 bridgehead atoms. The van der Waals surface area contributed by atoms with Gasteiger partial charge in [-0.25, -0.2) is 4.79 Å². The van der Waals surface area contributed by atoms with E-state index in [0.29, 0.717) is 22.8 Å². The molecule has 5 rings (SSSR count). The number of urea groups is 1. The second-order valence-electron chi connectivity index (χ2n) is 6.47. The highest BCUT2D eigenvalue weighted by atomic mass is 32.1. The maximum atomic E-state index is 12.5. The SMILES string of the molecule is Cc1ccsc1-c1nsc(NC(=O)N2CC3C4C=CC(O4)C3C2)n1. The van der Waals surface area contributed by atoms with Crippen LogP contribution in [0.15, 0.2) is 23.6 Å². The van der Waals surface area contributed by atoms with Gasteiger partial charge >= 0.3 is 6.03 Å². The molecule has 0 aromatic carbocycles. The van der Waals surface area contributed by atoms with Crippen LogP contribution in [0.25, 0.3) is 10.7 Å². The number of ether oxygens (including phenoxy) is 1. The maximum Gasteiger partial charge on any atom is 0.323 e. The molecule has 0 radical (unpaired) electrons. The summed E-state index contributed by atoms with van der Waals surface area (Å²) in [5.74, 6) is 1.56. The van der Waals surface area contributed by atoms with E-state index in [9.17, 15) is 4.79 Å². The number of thiophene rings is 1. The fourth-order valence-corrected chi connectivity index (χ4v) is 5.31. The highest BCUT2D eigenvalue weighted by molar-refractivity contribution is 7.14. The average molecular weight is 360 g/mol. The Labute approximate surface area is 147 Å². The van der Waals surface area contributed by atoms with E-state index in [0.717, 1.165) is 23.5 Å². The Kier molecular flexibility index (Phi) is 3.26. The van der Waals surface area contributed by atoms with Gasteiger partial charge in [-0.15, -0.1) is 11.3 Å². The van der Waals surface area contributed by atoms with Crippen molar-refractivity contribution in [2.24, 2.45) is 11.8 Å². The lowest BCUT2D eigenvalue weighted by atomic mass is 9.86. The molecule has 0 aliphatic carbocycles. The summed E-state index contributed by atoms with van der Waals surface area (Å²) < 4.78 is 10.2. The van der Waals surface area contributed by atoms with Crippen molar-refractivity contribution in [2.75, 3.05) is 18.4 Å². The second kappa shape index (κ2) is 5.37. The number of hydrogen-bond donors (Lipinski definition) is 1. The van der Waals surface area contributed by atoms with Crippen molar-refractivity contribution in [3.63, 3.8) is 0 Å². The van der Waals surface area contributed by atoms with Crippen LogP contribution in [0, 0.1) is 18.8 Å². The number of amides is 2. The van der Waals surface area contributed by atoms with Crippen molar-refractivity contribution in [2.45, 2.75) is 19.1 Å². The number of anilines is 1. The first kappa shape index (κ1) is 14.6. The molecular weight excluding hydrogens is 344 g/mol. The summed E-state index contributed by atoms with van der Waals surface area (Å²) >= 11 is 2.84. The minimum absolute atomic E-state index is 0.0885. The van der Waals surface area contributed by atoms with E-state index in [1.165, 1.54) is 11.5 Å². The minimum atomic E-state index is -0.0885. The zero-order valence-electron chi connectivity index (χ0n) is 13.0. The molecule has 2 saturated heterocycles. The number of hydrogen-bond acceptors (Lipinski definition) is 6. The maximum absolute atomic E-state index is 12.5. The average Bonchev–Trinajstić information content (AvgIpc) is 3.34. The Morgan fingerprint density at radius 2 is 2.08 bits per heavy atom. The number of aromatic nitrogens is 2. The zero-order valence-corrected chi connectivity index (χ0v) is 14.6. The van der Waals surface area contributed by atoms with Crippen molar-refractivity contribution >= 4 is 34.0 Å². The molecule has 2 amide bonds. The minimum Gasteiger partial charge on any atom is -0.366 e. The highest BCUT2D eigenvalue weighted by Crippen LogP contribution is 2.43. The molecular formula is C16H16N4O2S2. The Hall–Kier alpha value is -1.77. The van der Waals surface area contributed by atoms with Crippen LogP contribution in [0.2, 0.25) is 0 Å². The molecule has 4 atom stereocenters. The first-order chi connectivity index (χ1) is 11.7. The van der Waals surface area contributed by atoms with Gasteiger partial charge in [0.15, 0.2) is 5.82 Å². The summed E-state index contributed by atoms with van der Waals surface area (Å²) in [4.78, 5) is 19.9. The van der Waals surface area contributed by atoms with Crippen molar-refractivity contribution < 1.29 is 9.53 Å². The first-order valence-electron chi connectivity index (χ1n) is 7.97. The molecule has 24 heavy (non-hydrogen) atoms. The lowest BCUT2D eigenvalue weighted by Gasteiger charge is -2.18. The summed E-state index contributed by atoms with van der Waals surface area (Å²) in [5, 5.41) is 5.48. The number of carbonyl (C=O) groups is 1. The molecule has 3 aliphatic rings. The van der Waals surface area contributed by atoms with Gasteiger partial charge < -0.3 is 9.64 Å². The van der Waals surface area contributed by atoms with Crippen LogP contribution >= 0.6 is 22.9 Å². The molecule has 124 valence electrons. The fourth-order valence-electron chi connectivity index (χ4n) is 3.83. The normalized spacial score (nSPS) is 30.1. The van der Waals surface area contributed by atoms with Crippen LogP contribution in [0.1, 0.15) is 5.56 Å². The quantitative estimate of drug-likeness (QED) is 0.836. The summed E-state index contributed by atoms with van der Waals surface area (Å²) in [7, 11) is 0. The summed E-state index contributed by atoms with van der Waals surface area (Å²) in [6.45, 7) is 3.54. The topological polar surface area (TPSA) is 67.4 Å². The van der Waals surface area contributed by atoms with Gasteiger partial charge in [0, 0.05) is 36.5 Å². The van der Waals surface area contributed by atoms with Crippen molar-refractivity contribution in [1.29, 1.82) is 0 Å². The largest absolute Gasteiger partial charge is 0.366 e. The van der Waals surface area contributed by atoms with E-state index in [4.69, 9.17) is 4.74 Å². The monoisotopic (exact) mass is 360 g/mol. The molecule has 0 saturated carbocycles. The van der Waals surface area contributed by atoms with Crippen LogP contribution in [-0.2, 0) is 4.74 Å². The molecule has 4 unspecified atom stereocenters. The van der Waals surface area contributed by atoms with Gasteiger partial charge in [-0.2, -0.15) is 9.36 Å². The number of fused-ring (bicyclic) bond motifs is 5. The third kappa shape index (κ3) is 2.21. The van der Waals surface area contributed by atoms with Crippen LogP contribution in [0.5, 0.6) is 0 Å². The number of aryl methyl sites for hydroxylation is 1. The van der Waals surface area contributed by atoms with Gasteiger partial charge in [-0.3, -0.25) is 5.32 Å². The predicted molar refractivity (Wildman–Crippen MR) is 93.3 cm³/mol. The Morgan fingerprint density at radius 3 is 2.75 bits per heavy atom. The third-order valence-electron chi connectivity index (χ3n) is 5.05. The molecule has 2 aromatic rings. The van der Waals surface area contributed by atoms with Gasteiger partial charge in [-0.1, -0.05) is 12.2 Å². The van der Waals surface area contributed by atoms with Crippen LogP contribution in [-0.4, -0.2) is 45.6 Å². The van der Waals surface area contributed by atoms with Crippen LogP contribution in [0.4, 0.5) is 9.93 Å². The molecule has 1 N–H and O–H groups in total. The Morgan fingerprint density at radius 1 is 1.33 bits per heavy atom. The number of likely N-dealkylation sites (tertiary alicyclic amines) is 1. The first-order valence-corrected chi connectivity index (χ1v) is 9.62. The van der Waals surface area contributed by atoms with Crippen molar-refractivity contribution in [1.82, 2.24) is 14.3 Å². The van der Waals surface area contributed by atoms with Gasteiger partial charge in [0.25, 0.3) is 0 Å². The van der Waals surface area contributed by atoms with Gasteiger partial charge in [0.2, 0.25) is 5.13 Å². The summed E-state index contributed by atoms with van der Waals surface area (Å²) in [6, 6.07) is 1.96. The van der Waals surface area contributed by atoms with E-state index >= 15 is 0 Å². The molecule has 5 heterocycles. The van der Waals surface area contributed by atoms with Crippen LogP contribution < -0.4 is 5.32 Å². The number of rotatable bonds is 2. The zero-order chi connectivity index (χ0) is 16.3. The Bertz CT molecular complexity index is 810. The summed E-state index contributed by atoms with van der Waals surface area (Å²) in [6.07, 6.45) is 4.64. The molecule has 2 fully saturated rings. The van der Waals surface area contributed by atoms with Gasteiger partial charge in [-0.05, 0) is 23.9 Å². The van der Waals surface area contributed by atoms with Crippen LogP contribution in [0.3, 0.4) is 0 Å². The predicted octanol–water partition coefficient (Wildman–Crippen LogP) is 2.99. The second-order valence-corrected chi connectivity index (χ2v) is 8.14. The van der Waals surface area contributed by atoms with Crippen molar-refractivity contribution in [3.8, 4) is 10.7 Å². The van der Waals surface area contributed by atoms with Gasteiger partial charge in [0.1, 0.15) is 0 Å². The smallest absolute Gasteiger partial charge is 0.323 e. The molecule has 6 nitrogen and oxygen atoms in total. The van der Waals surface area contributed by atoms with Gasteiger partial charge in [0.05, 0.1) is 17.1 Å². The van der Waals surface area contributed by atoms with E-state index in [2.05, 4.69) is 26.8 Å². The fraction of sp³-hybridized carbons (Fsp3) is 0.438. The lowest BCUT2D eigenvalue weighted by Crippen LogP contribution is -2.35. The lowest BCUT2D eigenvalue weighted by molar-refractivity contribution is 0.0892. The van der Waals surface area contributed by atoms with E-state index in [-0.39, 0.29) is 18.2 Å². The number of nitrogens with zero attached hydrogens (tertiary/aromatic N) is 3. The van der Waals surface area contributed by atoms with E-state index in [1.807, 2.05) is 23.3 Å². The Balaban J connectivity index is 1.27. The van der Waals surface area contributed by atoms with Crippen molar-refractivity contribution in [3.05, 3.63) is 29.2 Å². The van der Waals surface area contributed by atoms with E-state index in [1.54, 1.807) is 11.3 Å². The third-order valence-corrected chi connectivity index (χ3v) is 6.70. The number of carbonyl (C=O) groups excluding carboxylic acids is 1. The molecule has 8 heteroatoms. The number of nitrogens with one attached hydrogen (secondary N) is 1. The standard InChI is InChI=1S/C16H16N4O2S2/c1-8-4-5-23-13(8)14-17-15(24-19-14)18-16(21)20-6-9-10(7-20)12-3-2-11(9)22-12/h2-5,9-12H,6-7H2,1H3,(H,17,18,19,21). The summed E-state index contributed by atoms with van der Waals surface area (Å²) in [5.41, 5.74) is 1.16. The molecule has 0 spiro atoms. The van der Waals surface area contributed by atoms with E-state index < -0.39 is 0 Å². The molecule has 2 aromatic heterocycles. The highest BCUT2D eigenvalue weighted by Gasteiger charge is 2.51. The molecule has 3 aliphatic heterocycles.